The van der Waals surface area contributed by atoms with Gasteiger partial charge in [-0.15, -0.1) is 0 Å². The fourth-order valence-corrected chi connectivity index (χ4v) is 3.43. The van der Waals surface area contributed by atoms with Gasteiger partial charge >= 0.3 is 5.97 Å². The van der Waals surface area contributed by atoms with Gasteiger partial charge < -0.3 is 9.67 Å². The minimum Gasteiger partial charge on any atom is -0.477 e. The van der Waals surface area contributed by atoms with Gasteiger partial charge in [0.15, 0.2) is 0 Å². The lowest BCUT2D eigenvalue weighted by atomic mass is 10.2. The van der Waals surface area contributed by atoms with Crippen molar-refractivity contribution in [3.05, 3.63) is 46.2 Å². The van der Waals surface area contributed by atoms with Crippen molar-refractivity contribution < 1.29 is 18.3 Å². The van der Waals surface area contributed by atoms with Crippen LogP contribution in [0.3, 0.4) is 0 Å². The predicted octanol–water partition coefficient (Wildman–Crippen LogP) is 2.60. The maximum absolute atomic E-state index is 12.3. The second-order valence-corrected chi connectivity index (χ2v) is 7.10. The molecule has 0 unspecified atom stereocenters. The molecule has 1 heterocycles. The number of anilines is 1. The number of rotatable bonds is 4. The molecule has 2 rings (SSSR count). The summed E-state index contributed by atoms with van der Waals surface area (Å²) >= 11 is 3.27. The number of nitrogens with zero attached hydrogens (tertiary/aromatic N) is 1. The average Bonchev–Trinajstić information content (AvgIpc) is 2.77. The lowest BCUT2D eigenvalue weighted by Crippen LogP contribution is -2.12. The number of carboxylic acid groups (broad SMARTS) is 1. The normalized spacial score (nSPS) is 11.4. The van der Waals surface area contributed by atoms with Crippen LogP contribution in [0.5, 0.6) is 0 Å². The third kappa shape index (κ3) is 3.27. The molecule has 0 aliphatic carbocycles. The number of halogens is 1. The highest BCUT2D eigenvalue weighted by atomic mass is 79.9. The first-order chi connectivity index (χ1) is 9.70. The van der Waals surface area contributed by atoms with Crippen LogP contribution in [0.4, 0.5) is 5.69 Å². The van der Waals surface area contributed by atoms with E-state index >= 15 is 0 Å². The standard InChI is InChI=1S/C13H13BrN2O4S/c1-8-3-4-10(14)11(5-8)15-21(19,20)9-6-12(13(17)18)16(2)7-9/h3-7,15H,1-2H3,(H,17,18). The Hall–Kier alpha value is -1.80. The third-order valence-corrected chi connectivity index (χ3v) is 4.90. The van der Waals surface area contributed by atoms with E-state index in [1.165, 1.54) is 17.8 Å². The van der Waals surface area contributed by atoms with Crippen molar-refractivity contribution in [1.29, 1.82) is 0 Å². The molecule has 0 radical (unpaired) electrons. The Labute approximate surface area is 130 Å². The summed E-state index contributed by atoms with van der Waals surface area (Å²) in [6.45, 7) is 1.84. The van der Waals surface area contributed by atoms with Crippen molar-refractivity contribution in [2.75, 3.05) is 4.72 Å². The molecule has 0 saturated carbocycles. The summed E-state index contributed by atoms with van der Waals surface area (Å²) in [4.78, 5) is 10.9. The first-order valence-corrected chi connectivity index (χ1v) is 8.17. The van der Waals surface area contributed by atoms with E-state index in [1.54, 1.807) is 12.1 Å². The molecule has 2 N–H and O–H groups in total. The minimum absolute atomic E-state index is 0.0984. The van der Waals surface area contributed by atoms with Crippen LogP contribution in [-0.2, 0) is 17.1 Å². The fraction of sp³-hybridized carbons (Fsp3) is 0.154. The van der Waals surface area contributed by atoms with Crippen LogP contribution in [-0.4, -0.2) is 24.1 Å². The van der Waals surface area contributed by atoms with Crippen LogP contribution in [0, 0.1) is 6.92 Å². The number of hydrogen-bond donors (Lipinski definition) is 2. The Morgan fingerprint density at radius 1 is 1.33 bits per heavy atom. The van der Waals surface area contributed by atoms with Crippen molar-refractivity contribution in [1.82, 2.24) is 4.57 Å². The molecule has 0 amide bonds. The molecule has 1 aromatic carbocycles. The summed E-state index contributed by atoms with van der Waals surface area (Å²) in [7, 11) is -2.37. The van der Waals surface area contributed by atoms with E-state index in [4.69, 9.17) is 5.11 Å². The molecule has 2 aromatic rings. The predicted molar refractivity (Wildman–Crippen MR) is 82.1 cm³/mol. The molecule has 1 aromatic heterocycles. The second-order valence-electron chi connectivity index (χ2n) is 4.57. The van der Waals surface area contributed by atoms with Gasteiger partial charge in [0.05, 0.1) is 5.69 Å². The van der Waals surface area contributed by atoms with Gasteiger partial charge in [-0.3, -0.25) is 4.72 Å². The molecule has 0 aliphatic rings. The molecule has 0 spiro atoms. The molecule has 0 bridgehead atoms. The van der Waals surface area contributed by atoms with E-state index in [0.717, 1.165) is 11.6 Å². The molecular weight excluding hydrogens is 360 g/mol. The SMILES string of the molecule is Cc1ccc(Br)c(NS(=O)(=O)c2cc(C(=O)O)n(C)c2)c1. The molecule has 8 heteroatoms. The Balaban J connectivity index is 2.41. The van der Waals surface area contributed by atoms with Gasteiger partial charge in [0.1, 0.15) is 10.6 Å². The Kier molecular flexibility index (Phi) is 4.11. The zero-order chi connectivity index (χ0) is 15.8. The van der Waals surface area contributed by atoms with Crippen molar-refractivity contribution in [3.8, 4) is 0 Å². The number of carboxylic acids is 1. The van der Waals surface area contributed by atoms with Crippen LogP contribution in [0.15, 0.2) is 39.8 Å². The van der Waals surface area contributed by atoms with Crippen molar-refractivity contribution in [3.63, 3.8) is 0 Å². The molecule has 0 fully saturated rings. The third-order valence-electron chi connectivity index (χ3n) is 2.88. The van der Waals surface area contributed by atoms with Gasteiger partial charge in [0, 0.05) is 17.7 Å². The number of carbonyl (C=O) groups is 1. The van der Waals surface area contributed by atoms with Gasteiger partial charge in [0.2, 0.25) is 0 Å². The molecule has 0 aliphatic heterocycles. The smallest absolute Gasteiger partial charge is 0.352 e. The van der Waals surface area contributed by atoms with Crippen LogP contribution >= 0.6 is 15.9 Å². The van der Waals surface area contributed by atoms with Crippen molar-refractivity contribution in [2.45, 2.75) is 11.8 Å². The van der Waals surface area contributed by atoms with Gasteiger partial charge in [-0.05, 0) is 46.6 Å². The summed E-state index contributed by atoms with van der Waals surface area (Å²) in [5.41, 5.74) is 1.20. The van der Waals surface area contributed by atoms with Crippen molar-refractivity contribution >= 4 is 37.6 Å². The summed E-state index contributed by atoms with van der Waals surface area (Å²) in [6.07, 6.45) is 1.26. The fourth-order valence-electron chi connectivity index (χ4n) is 1.81. The Morgan fingerprint density at radius 3 is 2.57 bits per heavy atom. The first-order valence-electron chi connectivity index (χ1n) is 5.89. The van der Waals surface area contributed by atoms with Gasteiger partial charge in [-0.2, -0.15) is 0 Å². The number of hydrogen-bond acceptors (Lipinski definition) is 3. The first kappa shape index (κ1) is 15.6. The molecule has 6 nitrogen and oxygen atoms in total. The molecule has 0 saturated heterocycles. The number of sulfonamides is 1. The minimum atomic E-state index is -3.85. The van der Waals surface area contributed by atoms with Crippen LogP contribution < -0.4 is 4.72 Å². The molecular formula is C13H13BrN2O4S. The molecule has 21 heavy (non-hydrogen) atoms. The van der Waals surface area contributed by atoms with Gasteiger partial charge in [0.25, 0.3) is 10.0 Å². The van der Waals surface area contributed by atoms with Crippen molar-refractivity contribution in [2.24, 2.45) is 7.05 Å². The average molecular weight is 373 g/mol. The summed E-state index contributed by atoms with van der Waals surface area (Å²) in [5, 5.41) is 8.97. The Morgan fingerprint density at radius 2 is 2.00 bits per heavy atom. The quantitative estimate of drug-likeness (QED) is 0.862. The number of nitrogens with one attached hydrogen (secondary N) is 1. The summed E-state index contributed by atoms with van der Waals surface area (Å²) in [6, 6.07) is 6.38. The zero-order valence-corrected chi connectivity index (χ0v) is 13.7. The number of aromatic nitrogens is 1. The maximum atomic E-state index is 12.3. The summed E-state index contributed by atoms with van der Waals surface area (Å²) < 4.78 is 28.9. The van der Waals surface area contributed by atoms with E-state index < -0.39 is 16.0 Å². The second kappa shape index (κ2) is 5.53. The zero-order valence-electron chi connectivity index (χ0n) is 11.3. The van der Waals surface area contributed by atoms with Gasteiger partial charge in [-0.1, -0.05) is 6.07 Å². The highest BCUT2D eigenvalue weighted by Gasteiger charge is 2.21. The monoisotopic (exact) mass is 372 g/mol. The van der Waals surface area contributed by atoms with Crippen LogP contribution in [0.25, 0.3) is 0 Å². The van der Waals surface area contributed by atoms with Crippen LogP contribution in [0.2, 0.25) is 0 Å². The maximum Gasteiger partial charge on any atom is 0.352 e. The lowest BCUT2D eigenvalue weighted by molar-refractivity contribution is 0.0686. The molecule has 0 atom stereocenters. The number of benzene rings is 1. The van der Waals surface area contributed by atoms with Gasteiger partial charge in [-0.25, -0.2) is 13.2 Å². The highest BCUT2D eigenvalue weighted by molar-refractivity contribution is 9.10. The van der Waals surface area contributed by atoms with E-state index in [0.29, 0.717) is 10.2 Å². The topological polar surface area (TPSA) is 88.4 Å². The highest BCUT2D eigenvalue weighted by Crippen LogP contribution is 2.26. The number of aromatic carboxylic acids is 1. The van der Waals surface area contributed by atoms with E-state index in [2.05, 4.69) is 20.7 Å². The summed E-state index contributed by atoms with van der Waals surface area (Å²) in [5.74, 6) is -1.18. The largest absolute Gasteiger partial charge is 0.477 e. The van der Waals surface area contributed by atoms with E-state index in [-0.39, 0.29) is 10.6 Å². The lowest BCUT2D eigenvalue weighted by Gasteiger charge is -2.09. The molecule has 112 valence electrons. The van der Waals surface area contributed by atoms with Crippen LogP contribution in [0.1, 0.15) is 16.1 Å². The Bertz CT molecular complexity index is 812. The number of aryl methyl sites for hydroxylation is 2. The van der Waals surface area contributed by atoms with E-state index in [9.17, 15) is 13.2 Å². The van der Waals surface area contributed by atoms with E-state index in [1.807, 2.05) is 13.0 Å².